The van der Waals surface area contributed by atoms with Crippen LogP contribution >= 0.6 is 0 Å². The van der Waals surface area contributed by atoms with Crippen LogP contribution < -0.4 is 4.90 Å². The summed E-state index contributed by atoms with van der Waals surface area (Å²) in [4.78, 5) is 12.5. The Labute approximate surface area is 87.1 Å². The molecule has 78 valence electrons. The van der Waals surface area contributed by atoms with Crippen molar-refractivity contribution in [3.05, 3.63) is 30.1 Å². The highest BCUT2D eigenvalue weighted by molar-refractivity contribution is 5.94. The summed E-state index contributed by atoms with van der Waals surface area (Å²) in [7, 11) is 0. The van der Waals surface area contributed by atoms with E-state index in [1.165, 1.54) is 29.2 Å². The van der Waals surface area contributed by atoms with Gasteiger partial charge in [-0.25, -0.2) is 4.39 Å². The smallest absolute Gasteiger partial charge is 0.253 e. The molecule has 4 heteroatoms. The molecule has 3 nitrogen and oxygen atoms in total. The SMILES string of the molecule is C#CCN(C(=O)CO)c1ccc(F)cc1. The maximum atomic E-state index is 12.6. The molecule has 0 unspecified atom stereocenters. The number of nitrogens with zero attached hydrogens (tertiary/aromatic N) is 1. The Morgan fingerprint density at radius 1 is 1.47 bits per heavy atom. The number of amides is 1. The van der Waals surface area contributed by atoms with Crippen molar-refractivity contribution < 1.29 is 14.3 Å². The number of halogens is 1. The lowest BCUT2D eigenvalue weighted by Gasteiger charge is -2.18. The predicted molar refractivity (Wildman–Crippen MR) is 54.7 cm³/mol. The van der Waals surface area contributed by atoms with Crippen LogP contribution in [-0.2, 0) is 4.79 Å². The third kappa shape index (κ3) is 2.79. The van der Waals surface area contributed by atoms with Crippen LogP contribution in [0, 0.1) is 18.2 Å². The van der Waals surface area contributed by atoms with Crippen LogP contribution in [0.4, 0.5) is 10.1 Å². The van der Waals surface area contributed by atoms with E-state index >= 15 is 0 Å². The third-order valence-corrected chi connectivity index (χ3v) is 1.82. The van der Waals surface area contributed by atoms with Gasteiger partial charge >= 0.3 is 0 Å². The lowest BCUT2D eigenvalue weighted by Crippen LogP contribution is -2.33. The summed E-state index contributed by atoms with van der Waals surface area (Å²) in [5.41, 5.74) is 0.466. The van der Waals surface area contributed by atoms with Gasteiger partial charge in [0, 0.05) is 5.69 Å². The molecule has 0 aliphatic carbocycles. The highest BCUT2D eigenvalue weighted by atomic mass is 19.1. The van der Waals surface area contributed by atoms with Crippen LogP contribution in [0.5, 0.6) is 0 Å². The zero-order valence-corrected chi connectivity index (χ0v) is 7.98. The molecule has 15 heavy (non-hydrogen) atoms. The van der Waals surface area contributed by atoms with Crippen molar-refractivity contribution in [3.63, 3.8) is 0 Å². The van der Waals surface area contributed by atoms with Crippen molar-refractivity contribution in [3.8, 4) is 12.3 Å². The number of carbonyl (C=O) groups is 1. The molecule has 0 heterocycles. The molecular weight excluding hydrogens is 197 g/mol. The van der Waals surface area contributed by atoms with Gasteiger partial charge in [-0.05, 0) is 24.3 Å². The minimum Gasteiger partial charge on any atom is -0.387 e. The monoisotopic (exact) mass is 207 g/mol. The Hall–Kier alpha value is -1.86. The summed E-state index contributed by atoms with van der Waals surface area (Å²) in [6.07, 6.45) is 5.09. The molecule has 1 amide bonds. The number of anilines is 1. The van der Waals surface area contributed by atoms with Gasteiger partial charge in [0.05, 0.1) is 6.54 Å². The van der Waals surface area contributed by atoms with Crippen molar-refractivity contribution in [2.45, 2.75) is 0 Å². The normalized spacial score (nSPS) is 9.40. The van der Waals surface area contributed by atoms with Gasteiger partial charge in [0.15, 0.2) is 0 Å². The van der Waals surface area contributed by atoms with E-state index < -0.39 is 18.3 Å². The summed E-state index contributed by atoms with van der Waals surface area (Å²) >= 11 is 0. The highest BCUT2D eigenvalue weighted by Gasteiger charge is 2.12. The van der Waals surface area contributed by atoms with E-state index in [0.717, 1.165) is 0 Å². The Morgan fingerprint density at radius 3 is 2.53 bits per heavy atom. The second kappa shape index (κ2) is 5.13. The molecule has 0 aliphatic heterocycles. The number of hydrogen-bond acceptors (Lipinski definition) is 2. The lowest BCUT2D eigenvalue weighted by atomic mass is 10.2. The first-order valence-corrected chi connectivity index (χ1v) is 4.29. The lowest BCUT2D eigenvalue weighted by molar-refractivity contribution is -0.121. The number of aliphatic hydroxyl groups is 1. The number of carbonyl (C=O) groups excluding carboxylic acids is 1. The van der Waals surface area contributed by atoms with Crippen molar-refractivity contribution in [2.75, 3.05) is 18.1 Å². The molecule has 0 atom stereocenters. The molecular formula is C11H10FNO2. The molecule has 1 aromatic carbocycles. The van der Waals surface area contributed by atoms with E-state index in [9.17, 15) is 9.18 Å². The van der Waals surface area contributed by atoms with E-state index in [1.54, 1.807) is 0 Å². The highest BCUT2D eigenvalue weighted by Crippen LogP contribution is 2.14. The predicted octanol–water partition coefficient (Wildman–Crippen LogP) is 0.784. The van der Waals surface area contributed by atoms with Gasteiger partial charge in [-0.15, -0.1) is 6.42 Å². The summed E-state index contributed by atoms with van der Waals surface area (Å²) in [6.45, 7) is -0.579. The van der Waals surface area contributed by atoms with Crippen molar-refractivity contribution >= 4 is 11.6 Å². The molecule has 1 aromatic rings. The number of benzene rings is 1. The second-order valence-corrected chi connectivity index (χ2v) is 2.82. The van der Waals surface area contributed by atoms with Gasteiger partial charge in [-0.3, -0.25) is 9.69 Å². The van der Waals surface area contributed by atoms with E-state index in [2.05, 4.69) is 5.92 Å². The Kier molecular flexibility index (Phi) is 3.83. The average molecular weight is 207 g/mol. The number of terminal acetylenes is 1. The van der Waals surface area contributed by atoms with Gasteiger partial charge in [0.2, 0.25) is 0 Å². The van der Waals surface area contributed by atoms with Crippen LogP contribution in [0.25, 0.3) is 0 Å². The van der Waals surface area contributed by atoms with Gasteiger partial charge in [-0.1, -0.05) is 5.92 Å². The molecule has 1 N–H and O–H groups in total. The molecule has 0 saturated carbocycles. The summed E-state index contributed by atoms with van der Waals surface area (Å²) < 4.78 is 12.6. The first-order chi connectivity index (χ1) is 7.19. The zero-order chi connectivity index (χ0) is 11.3. The van der Waals surface area contributed by atoms with Crippen LogP contribution in [0.15, 0.2) is 24.3 Å². The first-order valence-electron chi connectivity index (χ1n) is 4.29. The molecule has 0 spiro atoms. The minimum atomic E-state index is -0.626. The number of rotatable bonds is 3. The van der Waals surface area contributed by atoms with Crippen molar-refractivity contribution in [1.82, 2.24) is 0 Å². The quantitative estimate of drug-likeness (QED) is 0.744. The Morgan fingerprint density at radius 2 is 2.07 bits per heavy atom. The maximum Gasteiger partial charge on any atom is 0.253 e. The van der Waals surface area contributed by atoms with E-state index in [4.69, 9.17) is 11.5 Å². The van der Waals surface area contributed by atoms with Crippen molar-refractivity contribution in [2.24, 2.45) is 0 Å². The standard InChI is InChI=1S/C11H10FNO2/c1-2-7-13(11(15)8-14)10-5-3-9(12)4-6-10/h1,3-6,14H,7-8H2. The number of aliphatic hydroxyl groups excluding tert-OH is 1. The fraction of sp³-hybridized carbons (Fsp3) is 0.182. The van der Waals surface area contributed by atoms with E-state index in [1.807, 2.05) is 0 Å². The molecule has 0 bridgehead atoms. The Balaban J connectivity index is 2.94. The summed E-state index contributed by atoms with van der Waals surface area (Å²) in [5, 5.41) is 8.71. The minimum absolute atomic E-state index is 0.0467. The largest absolute Gasteiger partial charge is 0.387 e. The van der Waals surface area contributed by atoms with Gasteiger partial charge in [0.1, 0.15) is 12.4 Å². The molecule has 0 saturated heterocycles. The van der Waals surface area contributed by atoms with Crippen LogP contribution in [0.1, 0.15) is 0 Å². The van der Waals surface area contributed by atoms with Gasteiger partial charge in [0.25, 0.3) is 5.91 Å². The van der Waals surface area contributed by atoms with Crippen LogP contribution in [0.2, 0.25) is 0 Å². The Bertz CT molecular complexity index is 381. The maximum absolute atomic E-state index is 12.6. The summed E-state index contributed by atoms with van der Waals surface area (Å²) in [5.74, 6) is 1.39. The molecule has 0 fully saturated rings. The first kappa shape index (κ1) is 11.2. The fourth-order valence-corrected chi connectivity index (χ4v) is 1.12. The van der Waals surface area contributed by atoms with E-state index in [0.29, 0.717) is 5.69 Å². The average Bonchev–Trinajstić information content (AvgIpc) is 2.26. The zero-order valence-electron chi connectivity index (χ0n) is 7.98. The van der Waals surface area contributed by atoms with Crippen molar-refractivity contribution in [1.29, 1.82) is 0 Å². The summed E-state index contributed by atoms with van der Waals surface area (Å²) in [6, 6.07) is 5.31. The van der Waals surface area contributed by atoms with Crippen LogP contribution in [-0.4, -0.2) is 24.2 Å². The van der Waals surface area contributed by atoms with E-state index in [-0.39, 0.29) is 6.54 Å². The fourth-order valence-electron chi connectivity index (χ4n) is 1.12. The van der Waals surface area contributed by atoms with Crippen LogP contribution in [0.3, 0.4) is 0 Å². The number of hydrogen-bond donors (Lipinski definition) is 1. The molecule has 0 radical (unpaired) electrons. The third-order valence-electron chi connectivity index (χ3n) is 1.82. The molecule has 0 aromatic heterocycles. The van der Waals surface area contributed by atoms with Gasteiger partial charge in [-0.2, -0.15) is 0 Å². The second-order valence-electron chi connectivity index (χ2n) is 2.82. The molecule has 0 aliphatic rings. The van der Waals surface area contributed by atoms with Gasteiger partial charge < -0.3 is 5.11 Å². The molecule has 1 rings (SSSR count). The topological polar surface area (TPSA) is 40.5 Å².